The molecule has 134 valence electrons. The Morgan fingerprint density at radius 2 is 2.16 bits per heavy atom. The van der Waals surface area contributed by atoms with E-state index in [4.69, 9.17) is 4.74 Å². The predicted molar refractivity (Wildman–Crippen MR) is 96.4 cm³/mol. The first-order valence-electron chi connectivity index (χ1n) is 9.60. The van der Waals surface area contributed by atoms with Gasteiger partial charge in [-0.25, -0.2) is 4.98 Å². The first-order valence-corrected chi connectivity index (χ1v) is 9.60. The third-order valence-corrected chi connectivity index (χ3v) is 5.51. The molecule has 0 N–H and O–H groups in total. The van der Waals surface area contributed by atoms with Crippen LogP contribution in [0, 0.1) is 5.92 Å². The van der Waals surface area contributed by atoms with E-state index in [2.05, 4.69) is 9.88 Å². The second-order valence-corrected chi connectivity index (χ2v) is 7.43. The van der Waals surface area contributed by atoms with Crippen molar-refractivity contribution in [3.8, 4) is 0 Å². The summed E-state index contributed by atoms with van der Waals surface area (Å²) in [6.07, 6.45) is 11.5. The van der Waals surface area contributed by atoms with Gasteiger partial charge >= 0.3 is 0 Å². The molecule has 0 radical (unpaired) electrons. The molecule has 0 spiro atoms. The minimum Gasteiger partial charge on any atom is -0.376 e. The molecule has 1 saturated carbocycles. The smallest absolute Gasteiger partial charge is 0.223 e. The summed E-state index contributed by atoms with van der Waals surface area (Å²) in [4.78, 5) is 19.5. The minimum atomic E-state index is 0.235. The fourth-order valence-electron chi connectivity index (χ4n) is 3.80. The van der Waals surface area contributed by atoms with Crippen LogP contribution in [-0.2, 0) is 16.0 Å². The first kappa shape index (κ1) is 16.6. The molecule has 3 heterocycles. The van der Waals surface area contributed by atoms with Crippen LogP contribution in [-0.4, -0.2) is 46.0 Å². The van der Waals surface area contributed by atoms with Gasteiger partial charge in [-0.1, -0.05) is 12.5 Å². The number of fused-ring (bicyclic) bond motifs is 1. The van der Waals surface area contributed by atoms with Gasteiger partial charge in [-0.05, 0) is 50.2 Å². The number of aryl methyl sites for hydroxylation is 1. The summed E-state index contributed by atoms with van der Waals surface area (Å²) in [7, 11) is 0. The number of ether oxygens (including phenoxy) is 1. The van der Waals surface area contributed by atoms with Crippen LogP contribution >= 0.6 is 0 Å². The number of amides is 1. The molecular weight excluding hydrogens is 314 g/mol. The Hall–Kier alpha value is -1.88. The van der Waals surface area contributed by atoms with Gasteiger partial charge in [-0.3, -0.25) is 4.79 Å². The van der Waals surface area contributed by atoms with E-state index in [0.29, 0.717) is 18.8 Å². The van der Waals surface area contributed by atoms with Crippen LogP contribution in [0.2, 0.25) is 0 Å². The molecule has 1 atom stereocenters. The maximum atomic E-state index is 12.8. The number of hydrogen-bond acceptors (Lipinski definition) is 3. The molecule has 25 heavy (non-hydrogen) atoms. The average Bonchev–Trinajstić information content (AvgIpc) is 3.23. The van der Waals surface area contributed by atoms with Gasteiger partial charge in [-0.15, -0.1) is 0 Å². The van der Waals surface area contributed by atoms with Crippen molar-refractivity contribution in [3.63, 3.8) is 0 Å². The molecule has 5 heteroatoms. The van der Waals surface area contributed by atoms with Crippen molar-refractivity contribution >= 4 is 11.6 Å². The van der Waals surface area contributed by atoms with E-state index in [1.807, 2.05) is 35.0 Å². The molecule has 4 rings (SSSR count). The van der Waals surface area contributed by atoms with Crippen molar-refractivity contribution in [1.82, 2.24) is 14.3 Å². The number of rotatable bonds is 7. The normalized spacial score (nSPS) is 20.7. The third-order valence-electron chi connectivity index (χ3n) is 5.51. The first-order chi connectivity index (χ1) is 12.3. The Morgan fingerprint density at radius 1 is 1.24 bits per heavy atom. The summed E-state index contributed by atoms with van der Waals surface area (Å²) in [5.74, 6) is 0.944. The lowest BCUT2D eigenvalue weighted by Crippen LogP contribution is -2.41. The number of carbonyl (C=O) groups is 1. The molecule has 1 aliphatic heterocycles. The second kappa shape index (κ2) is 7.56. The zero-order chi connectivity index (χ0) is 17.1. The quantitative estimate of drug-likeness (QED) is 0.777. The highest BCUT2D eigenvalue weighted by Crippen LogP contribution is 2.28. The molecule has 2 aromatic rings. The van der Waals surface area contributed by atoms with Gasteiger partial charge < -0.3 is 14.0 Å². The number of imidazole rings is 1. The van der Waals surface area contributed by atoms with Gasteiger partial charge in [0, 0.05) is 38.5 Å². The summed E-state index contributed by atoms with van der Waals surface area (Å²) in [6, 6.07) is 5.97. The number of carbonyl (C=O) groups excluding carboxylic acids is 1. The van der Waals surface area contributed by atoms with Crippen LogP contribution < -0.4 is 0 Å². The lowest BCUT2D eigenvalue weighted by molar-refractivity contribution is -0.133. The zero-order valence-electron chi connectivity index (χ0n) is 14.8. The fraction of sp³-hybridized carbons (Fsp3) is 0.600. The Labute approximate surface area is 149 Å². The highest BCUT2D eigenvalue weighted by atomic mass is 16.5. The predicted octanol–water partition coefficient (Wildman–Crippen LogP) is 3.07. The van der Waals surface area contributed by atoms with Crippen molar-refractivity contribution in [2.24, 2.45) is 5.92 Å². The molecule has 2 aliphatic rings. The fourth-order valence-corrected chi connectivity index (χ4v) is 3.80. The number of pyridine rings is 1. The van der Waals surface area contributed by atoms with E-state index in [0.717, 1.165) is 43.9 Å². The van der Waals surface area contributed by atoms with Crippen molar-refractivity contribution in [2.45, 2.75) is 51.0 Å². The largest absolute Gasteiger partial charge is 0.376 e. The Kier molecular flexibility index (Phi) is 5.02. The van der Waals surface area contributed by atoms with E-state index in [1.54, 1.807) is 0 Å². The van der Waals surface area contributed by atoms with Crippen LogP contribution in [0.3, 0.4) is 0 Å². The number of aromatic nitrogens is 2. The molecule has 0 bridgehead atoms. The number of nitrogens with zero attached hydrogens (tertiary/aromatic N) is 3. The van der Waals surface area contributed by atoms with Gasteiger partial charge in [0.15, 0.2) is 0 Å². The van der Waals surface area contributed by atoms with Crippen molar-refractivity contribution in [2.75, 3.05) is 19.7 Å². The van der Waals surface area contributed by atoms with Crippen molar-refractivity contribution < 1.29 is 9.53 Å². The summed E-state index contributed by atoms with van der Waals surface area (Å²) in [5.41, 5.74) is 1.93. The van der Waals surface area contributed by atoms with Gasteiger partial charge in [0.2, 0.25) is 5.91 Å². The molecule has 5 nitrogen and oxygen atoms in total. The SMILES string of the molecule is O=C(CCc1cn2ccccc2n1)N(CC1CCC1)C[C@@H]1CCCO1. The van der Waals surface area contributed by atoms with E-state index >= 15 is 0 Å². The van der Waals surface area contributed by atoms with Crippen LogP contribution in [0.25, 0.3) is 5.65 Å². The Morgan fingerprint density at radius 3 is 2.88 bits per heavy atom. The highest BCUT2D eigenvalue weighted by Gasteiger charge is 2.27. The van der Waals surface area contributed by atoms with E-state index < -0.39 is 0 Å². The average molecular weight is 341 g/mol. The summed E-state index contributed by atoms with van der Waals surface area (Å²) in [5, 5.41) is 0. The van der Waals surface area contributed by atoms with Crippen molar-refractivity contribution in [1.29, 1.82) is 0 Å². The van der Waals surface area contributed by atoms with Gasteiger partial charge in [0.1, 0.15) is 5.65 Å². The molecule has 0 unspecified atom stereocenters. The summed E-state index contributed by atoms with van der Waals surface area (Å²) in [6.45, 7) is 2.52. The van der Waals surface area contributed by atoms with E-state index in [1.165, 1.54) is 19.3 Å². The molecular formula is C20H27N3O2. The molecule has 2 fully saturated rings. The lowest BCUT2D eigenvalue weighted by Gasteiger charge is -2.33. The molecule has 1 aliphatic carbocycles. The maximum Gasteiger partial charge on any atom is 0.223 e. The van der Waals surface area contributed by atoms with E-state index in [-0.39, 0.29) is 12.0 Å². The van der Waals surface area contributed by atoms with Gasteiger partial charge in [0.05, 0.1) is 11.8 Å². The second-order valence-electron chi connectivity index (χ2n) is 7.43. The number of hydrogen-bond donors (Lipinski definition) is 0. The van der Waals surface area contributed by atoms with Crippen LogP contribution in [0.4, 0.5) is 0 Å². The molecule has 0 aromatic carbocycles. The van der Waals surface area contributed by atoms with Crippen LogP contribution in [0.5, 0.6) is 0 Å². The van der Waals surface area contributed by atoms with Crippen molar-refractivity contribution in [3.05, 3.63) is 36.3 Å². The zero-order valence-corrected chi connectivity index (χ0v) is 14.8. The molecule has 1 amide bonds. The third kappa shape index (κ3) is 4.03. The molecule has 2 aromatic heterocycles. The topological polar surface area (TPSA) is 46.8 Å². The van der Waals surface area contributed by atoms with Crippen LogP contribution in [0.1, 0.15) is 44.2 Å². The highest BCUT2D eigenvalue weighted by molar-refractivity contribution is 5.76. The summed E-state index contributed by atoms with van der Waals surface area (Å²) >= 11 is 0. The Bertz CT molecular complexity index is 684. The van der Waals surface area contributed by atoms with Gasteiger partial charge in [0.25, 0.3) is 0 Å². The van der Waals surface area contributed by atoms with Gasteiger partial charge in [-0.2, -0.15) is 0 Å². The standard InChI is InChI=1S/C20H27N3O2/c24-20(10-9-17-14-22-11-2-1-8-19(22)21-17)23(13-16-5-3-6-16)15-18-7-4-12-25-18/h1-2,8,11,14,16,18H,3-7,9-10,12-13,15H2/t18-/m0/s1. The maximum absolute atomic E-state index is 12.8. The van der Waals surface area contributed by atoms with E-state index in [9.17, 15) is 4.79 Å². The Balaban J connectivity index is 1.36. The lowest BCUT2D eigenvalue weighted by atomic mass is 9.85. The summed E-state index contributed by atoms with van der Waals surface area (Å²) < 4.78 is 7.77. The monoisotopic (exact) mass is 341 g/mol. The van der Waals surface area contributed by atoms with Crippen LogP contribution in [0.15, 0.2) is 30.6 Å². The minimum absolute atomic E-state index is 0.235. The molecule has 1 saturated heterocycles.